The lowest BCUT2D eigenvalue weighted by Gasteiger charge is -2.46. The van der Waals surface area contributed by atoms with Crippen LogP contribution in [0.4, 0.5) is 0 Å². The van der Waals surface area contributed by atoms with Gasteiger partial charge in [-0.25, -0.2) is 0 Å². The smallest absolute Gasteiger partial charge is 0.316 e. The van der Waals surface area contributed by atoms with Crippen molar-refractivity contribution in [2.24, 2.45) is 92.7 Å². The molecule has 10 rings (SSSR count). The van der Waals surface area contributed by atoms with Gasteiger partial charge < -0.3 is 47.7 Å². The number of phenols is 1. The van der Waals surface area contributed by atoms with E-state index in [-0.39, 0.29) is 76.4 Å². The van der Waals surface area contributed by atoms with Crippen molar-refractivity contribution in [2.45, 2.75) is 225 Å². The van der Waals surface area contributed by atoms with Gasteiger partial charge in [-0.05, 0) is 240 Å². The van der Waals surface area contributed by atoms with Crippen LogP contribution in [0.25, 0.3) is 0 Å². The Hall–Kier alpha value is -5.67. The van der Waals surface area contributed by atoms with E-state index in [1.807, 2.05) is 152 Å². The highest BCUT2D eigenvalue weighted by molar-refractivity contribution is 5.79. The van der Waals surface area contributed by atoms with E-state index in [0.29, 0.717) is 47.3 Å². The average Bonchev–Trinajstić information content (AvgIpc) is 1.54. The maximum absolute atomic E-state index is 13.0. The first-order valence-electron chi connectivity index (χ1n) is 34.6. The maximum atomic E-state index is 13.0. The molecule has 6 aliphatic carbocycles. The van der Waals surface area contributed by atoms with E-state index in [1.54, 1.807) is 26.4 Å². The largest absolute Gasteiger partial charge is 0.508 e. The molecular formula is C77H116O15. The lowest BCUT2D eigenvalue weighted by molar-refractivity contribution is -0.183. The second-order valence-corrected chi connectivity index (χ2v) is 30.4. The Labute approximate surface area is 552 Å². The van der Waals surface area contributed by atoms with Crippen molar-refractivity contribution in [3.8, 4) is 23.0 Å². The SMILES string of the molecule is CCC(C)(C)C(=O)OC.CCC(C)(C)C(=O)OC(c1ccc(OC(OC)C(C)C)cc1)c1ccc(OC(OC)C(C)C)cc1.CCC(C)(C)C(=O)OC1(CC)CC2CC1C1C3CCC(C3)C21.CCC(C)(C)C(=O)Oc1ccc(O)cc1.O=C1OCC2C3CCC(C3)C12. The number of hydrogen-bond acceptors (Lipinski definition) is 15. The number of carbonyl (C=O) groups excluding carboxylic acids is 5. The number of fused-ring (bicyclic) bond motifs is 14. The predicted octanol–water partition coefficient (Wildman–Crippen LogP) is 17.1. The van der Waals surface area contributed by atoms with Gasteiger partial charge in [-0.3, -0.25) is 24.0 Å². The quantitative estimate of drug-likeness (QED) is 0.0329. The van der Waals surface area contributed by atoms with Gasteiger partial charge in [-0.15, -0.1) is 0 Å². The molecule has 13 atom stereocenters. The highest BCUT2D eigenvalue weighted by Crippen LogP contribution is 2.71. The zero-order valence-electron chi connectivity index (χ0n) is 59.7. The van der Waals surface area contributed by atoms with Crippen molar-refractivity contribution in [2.75, 3.05) is 27.9 Å². The van der Waals surface area contributed by atoms with Crippen LogP contribution in [-0.2, 0) is 52.4 Å². The van der Waals surface area contributed by atoms with Crippen LogP contribution in [0.5, 0.6) is 23.0 Å². The maximum Gasteiger partial charge on any atom is 0.316 e. The number of phenolic OH excluding ortho intramolecular Hbond substituents is 1. The van der Waals surface area contributed by atoms with Crippen molar-refractivity contribution in [1.29, 1.82) is 0 Å². The lowest BCUT2D eigenvalue weighted by atomic mass is 9.65. The lowest BCUT2D eigenvalue weighted by Crippen LogP contribution is -2.49. The third-order valence-electron chi connectivity index (χ3n) is 22.2. The molecule has 7 aliphatic rings. The Morgan fingerprint density at radius 1 is 0.543 bits per heavy atom. The molecule has 0 aromatic heterocycles. The molecule has 514 valence electrons. The number of aromatic hydroxyl groups is 1. The zero-order chi connectivity index (χ0) is 68.3. The molecule has 3 aromatic carbocycles. The molecule has 15 nitrogen and oxygen atoms in total. The van der Waals surface area contributed by atoms with Crippen molar-refractivity contribution < 1.29 is 71.7 Å². The minimum atomic E-state index is -0.587. The van der Waals surface area contributed by atoms with E-state index in [1.165, 1.54) is 64.2 Å². The fraction of sp³-hybridized carbons (Fsp3) is 0.701. The summed E-state index contributed by atoms with van der Waals surface area (Å²) in [4.78, 5) is 59.5. The highest BCUT2D eigenvalue weighted by Gasteiger charge is 2.68. The molecule has 1 N–H and O–H groups in total. The minimum absolute atomic E-state index is 0.0455. The van der Waals surface area contributed by atoms with E-state index in [9.17, 15) is 24.0 Å². The number of hydrogen-bond donors (Lipinski definition) is 1. The van der Waals surface area contributed by atoms with E-state index >= 15 is 0 Å². The first-order chi connectivity index (χ1) is 43.3. The number of carbonyl (C=O) groups is 5. The Morgan fingerprint density at radius 2 is 0.978 bits per heavy atom. The number of ether oxygens (including phenoxy) is 9. The molecular weight excluding hydrogens is 1160 g/mol. The van der Waals surface area contributed by atoms with Crippen molar-refractivity contribution >= 4 is 29.8 Å². The number of rotatable bonds is 22. The summed E-state index contributed by atoms with van der Waals surface area (Å²) in [6.45, 7) is 34.4. The van der Waals surface area contributed by atoms with Crippen LogP contribution in [0.15, 0.2) is 72.8 Å². The van der Waals surface area contributed by atoms with Crippen LogP contribution >= 0.6 is 0 Å². The van der Waals surface area contributed by atoms with Crippen molar-refractivity contribution in [3.63, 3.8) is 0 Å². The molecule has 6 bridgehead atoms. The van der Waals surface area contributed by atoms with Crippen LogP contribution < -0.4 is 14.2 Å². The number of cyclic esters (lactones) is 1. The van der Waals surface area contributed by atoms with E-state index in [4.69, 9.17) is 43.0 Å². The number of methoxy groups -OCH3 is 3. The molecule has 0 amide bonds. The fourth-order valence-corrected chi connectivity index (χ4v) is 14.7. The molecule has 0 spiro atoms. The third-order valence-corrected chi connectivity index (χ3v) is 22.2. The molecule has 1 saturated heterocycles. The Balaban J connectivity index is 0.000000200. The molecule has 3 aromatic rings. The first-order valence-corrected chi connectivity index (χ1v) is 34.6. The molecule has 1 aliphatic heterocycles. The van der Waals surface area contributed by atoms with Crippen molar-refractivity contribution in [1.82, 2.24) is 0 Å². The first kappa shape index (κ1) is 75.4. The molecule has 0 radical (unpaired) electrons. The number of benzene rings is 3. The molecule has 92 heavy (non-hydrogen) atoms. The van der Waals surface area contributed by atoms with Gasteiger partial charge >= 0.3 is 29.8 Å². The Kier molecular flexibility index (Phi) is 26.4. The topological polar surface area (TPSA) is 189 Å². The average molecular weight is 1280 g/mol. The minimum Gasteiger partial charge on any atom is -0.508 e. The third kappa shape index (κ3) is 18.0. The summed E-state index contributed by atoms with van der Waals surface area (Å²) < 4.78 is 49.9. The van der Waals surface area contributed by atoms with Crippen LogP contribution in [0.2, 0.25) is 0 Å². The zero-order valence-corrected chi connectivity index (χ0v) is 59.7. The van der Waals surface area contributed by atoms with Gasteiger partial charge in [0.15, 0.2) is 6.10 Å². The van der Waals surface area contributed by atoms with Crippen LogP contribution in [0.3, 0.4) is 0 Å². The van der Waals surface area contributed by atoms with Crippen molar-refractivity contribution in [3.05, 3.63) is 83.9 Å². The standard InChI is InChI=1S/C29H42O6.C20H32O2.C12H16O3.C9H12O2.C7H14O2/c1-10-29(6,7)28(30)35-25(21-11-15-23(16-12-21)33-26(31-8)19(2)3)22-13-17-24(18-14-22)34-27(32-9)20(4)5;1-5-19(3,4)18(21)22-20(6-2)11-14-10-15(20)17-13-8-7-12(9-13)16(14)17;1-4-12(2,3)11(14)15-10-7-5-9(13)6-8-10;10-9-8-6-2-1-5(3-6)7(8)4-11-9;1-5-7(2,3)6(8)9-4/h11-20,25-27H,10H2,1-9H3;12-17H,5-11H2,1-4H3;5-8,13H,4H2,1-3H3;5-8H,1-4H2;5H2,1-4H3. The van der Waals surface area contributed by atoms with Gasteiger partial charge in [0, 0.05) is 37.9 Å². The summed E-state index contributed by atoms with van der Waals surface area (Å²) in [5.41, 5.74) is -0.135. The van der Waals surface area contributed by atoms with E-state index < -0.39 is 16.9 Å². The predicted molar refractivity (Wildman–Crippen MR) is 357 cm³/mol. The monoisotopic (exact) mass is 1280 g/mol. The summed E-state index contributed by atoms with van der Waals surface area (Å²) in [6.07, 6.45) is 13.7. The summed E-state index contributed by atoms with van der Waals surface area (Å²) in [5.74, 6) is 9.73. The van der Waals surface area contributed by atoms with Gasteiger partial charge in [0.25, 0.3) is 0 Å². The second-order valence-electron chi connectivity index (χ2n) is 30.4. The summed E-state index contributed by atoms with van der Waals surface area (Å²) in [5, 5.41) is 9.06. The van der Waals surface area contributed by atoms with E-state index in [2.05, 4.69) is 18.6 Å². The normalized spacial score (nSPS) is 26.4. The highest BCUT2D eigenvalue weighted by atomic mass is 16.7. The van der Waals surface area contributed by atoms with Crippen LogP contribution in [-0.4, -0.2) is 81.1 Å². The van der Waals surface area contributed by atoms with Gasteiger partial charge in [0.2, 0.25) is 12.6 Å². The van der Waals surface area contributed by atoms with Gasteiger partial charge in [0.05, 0.1) is 41.3 Å². The fourth-order valence-electron chi connectivity index (χ4n) is 14.7. The van der Waals surface area contributed by atoms with Gasteiger partial charge in [-0.1, -0.05) is 86.6 Å². The summed E-state index contributed by atoms with van der Waals surface area (Å²) >= 11 is 0. The Morgan fingerprint density at radius 3 is 1.42 bits per heavy atom. The van der Waals surface area contributed by atoms with E-state index in [0.717, 1.165) is 85.3 Å². The second kappa shape index (κ2) is 32.2. The molecule has 13 unspecified atom stereocenters. The van der Waals surface area contributed by atoms with Crippen LogP contribution in [0, 0.1) is 92.7 Å². The Bertz CT molecular complexity index is 2790. The number of esters is 5. The van der Waals surface area contributed by atoms with Gasteiger partial charge in [-0.2, -0.15) is 0 Å². The summed E-state index contributed by atoms with van der Waals surface area (Å²) in [7, 11) is 4.68. The molecule has 7 fully saturated rings. The molecule has 15 heteroatoms. The molecule has 1 heterocycles. The summed E-state index contributed by atoms with van der Waals surface area (Å²) in [6, 6.07) is 21.3. The molecule has 6 saturated carbocycles. The van der Waals surface area contributed by atoms with Crippen LogP contribution in [0.1, 0.15) is 218 Å². The van der Waals surface area contributed by atoms with Gasteiger partial charge in [0.1, 0.15) is 28.6 Å².